The van der Waals surface area contributed by atoms with Crippen LogP contribution >= 0.6 is 0 Å². The Bertz CT molecular complexity index is 622. The van der Waals surface area contributed by atoms with E-state index in [1.54, 1.807) is 6.08 Å². The highest BCUT2D eigenvalue weighted by Crippen LogP contribution is 2.11. The number of benzene rings is 1. The number of hydrogen-bond donors (Lipinski definition) is 3. The largest absolute Gasteiger partial charge is 0.480 e. The number of hydrogen-bond acceptors (Lipinski definition) is 3. The number of aliphatic carboxylic acids is 1. The molecule has 1 rings (SSSR count). The molecule has 0 aliphatic rings. The third-order valence-corrected chi connectivity index (χ3v) is 3.65. The molecule has 1 aromatic carbocycles. The molecular formula is C19H26N2O4. The van der Waals surface area contributed by atoms with E-state index in [1.165, 1.54) is 0 Å². The van der Waals surface area contributed by atoms with E-state index in [1.807, 2.05) is 51.1 Å². The molecule has 0 spiro atoms. The van der Waals surface area contributed by atoms with E-state index in [-0.39, 0.29) is 31.2 Å². The van der Waals surface area contributed by atoms with Crippen molar-refractivity contribution in [1.29, 1.82) is 0 Å². The fourth-order valence-electron chi connectivity index (χ4n) is 2.21. The van der Waals surface area contributed by atoms with Crippen LogP contribution in [0.4, 0.5) is 0 Å². The van der Waals surface area contributed by atoms with Crippen molar-refractivity contribution in [1.82, 2.24) is 10.6 Å². The van der Waals surface area contributed by atoms with Crippen LogP contribution in [0, 0.1) is 0 Å². The Morgan fingerprint density at radius 3 is 2.12 bits per heavy atom. The highest BCUT2D eigenvalue weighted by Gasteiger charge is 2.19. The lowest BCUT2D eigenvalue weighted by atomic mass is 10.1. The van der Waals surface area contributed by atoms with Gasteiger partial charge in [-0.15, -0.1) is 0 Å². The molecule has 0 saturated heterocycles. The third kappa shape index (κ3) is 8.15. The molecule has 6 nitrogen and oxygen atoms in total. The normalized spacial score (nSPS) is 12.6. The molecule has 0 aliphatic heterocycles. The molecular weight excluding hydrogens is 320 g/mol. The molecule has 2 atom stereocenters. The first-order valence-corrected chi connectivity index (χ1v) is 8.29. The van der Waals surface area contributed by atoms with Gasteiger partial charge in [0.15, 0.2) is 0 Å². The van der Waals surface area contributed by atoms with Crippen LogP contribution in [-0.4, -0.2) is 28.9 Å². The first-order valence-electron chi connectivity index (χ1n) is 8.29. The van der Waals surface area contributed by atoms with Crippen LogP contribution in [-0.2, 0) is 14.4 Å². The summed E-state index contributed by atoms with van der Waals surface area (Å²) in [6.45, 7) is 5.59. The van der Waals surface area contributed by atoms with Crippen LogP contribution in [0.3, 0.4) is 0 Å². The van der Waals surface area contributed by atoms with Gasteiger partial charge in [-0.3, -0.25) is 9.59 Å². The van der Waals surface area contributed by atoms with E-state index in [9.17, 15) is 14.4 Å². The highest BCUT2D eigenvalue weighted by molar-refractivity contribution is 5.87. The number of nitrogens with one attached hydrogen (secondary N) is 2. The predicted octanol–water partition coefficient (Wildman–Crippen LogP) is 2.57. The number of carboxylic acids is 1. The van der Waals surface area contributed by atoms with Gasteiger partial charge < -0.3 is 15.7 Å². The number of rotatable bonds is 9. The van der Waals surface area contributed by atoms with E-state index in [0.29, 0.717) is 0 Å². The van der Waals surface area contributed by atoms with E-state index < -0.39 is 17.9 Å². The Balaban J connectivity index is 2.42. The summed E-state index contributed by atoms with van der Waals surface area (Å²) in [6, 6.07) is 8.39. The molecule has 25 heavy (non-hydrogen) atoms. The number of allylic oxidation sites excluding steroid dienone is 1. The van der Waals surface area contributed by atoms with Gasteiger partial charge in [0.25, 0.3) is 0 Å². The summed E-state index contributed by atoms with van der Waals surface area (Å²) in [5.74, 6) is -1.78. The zero-order valence-corrected chi connectivity index (χ0v) is 14.9. The molecule has 0 aliphatic carbocycles. The minimum Gasteiger partial charge on any atom is -0.480 e. The van der Waals surface area contributed by atoms with Crippen LogP contribution in [0.25, 0.3) is 0 Å². The van der Waals surface area contributed by atoms with Gasteiger partial charge in [0.1, 0.15) is 6.04 Å². The maximum atomic E-state index is 11.9. The van der Waals surface area contributed by atoms with E-state index >= 15 is 0 Å². The number of carbonyl (C=O) groups excluding carboxylic acids is 2. The van der Waals surface area contributed by atoms with Crippen molar-refractivity contribution in [3.05, 3.63) is 47.5 Å². The first kappa shape index (κ1) is 20.4. The van der Waals surface area contributed by atoms with Gasteiger partial charge in [0.2, 0.25) is 11.8 Å². The average Bonchev–Trinajstić information content (AvgIpc) is 2.57. The van der Waals surface area contributed by atoms with Gasteiger partial charge >= 0.3 is 5.97 Å². The van der Waals surface area contributed by atoms with E-state index in [0.717, 1.165) is 11.1 Å². The zero-order chi connectivity index (χ0) is 18.8. The van der Waals surface area contributed by atoms with Crippen molar-refractivity contribution < 1.29 is 19.5 Å². The molecule has 0 fully saturated rings. The van der Waals surface area contributed by atoms with Crippen molar-refractivity contribution in [2.75, 3.05) is 0 Å². The van der Waals surface area contributed by atoms with Crippen LogP contribution in [0.2, 0.25) is 0 Å². The lowest BCUT2D eigenvalue weighted by molar-refractivity contribution is -0.141. The van der Waals surface area contributed by atoms with Gasteiger partial charge in [0, 0.05) is 12.8 Å². The molecule has 3 N–H and O–H groups in total. The first-order chi connectivity index (χ1) is 11.8. The number of carbonyl (C=O) groups is 3. The summed E-state index contributed by atoms with van der Waals surface area (Å²) in [5, 5.41) is 14.4. The molecule has 0 radical (unpaired) electrons. The topological polar surface area (TPSA) is 95.5 Å². The lowest BCUT2D eigenvalue weighted by Gasteiger charge is -2.15. The Labute approximate surface area is 148 Å². The second-order valence-corrected chi connectivity index (χ2v) is 6.18. The Hall–Kier alpha value is -2.63. The monoisotopic (exact) mass is 346 g/mol. The van der Waals surface area contributed by atoms with Gasteiger partial charge in [-0.05, 0) is 32.8 Å². The minimum atomic E-state index is -1.09. The van der Waals surface area contributed by atoms with Gasteiger partial charge in [-0.2, -0.15) is 0 Å². The standard InChI is InChI=1S/C19H26N2O4/c1-13(2)9-10-16(19(24)25)21-18(23)12-11-17(22)20-14(3)15-7-5-4-6-8-15/h4-9,14,16H,10-12H2,1-3H3,(H,20,22)(H,21,23)(H,24,25)/t14-,16+/m1/s1. The molecule has 0 aromatic heterocycles. The maximum Gasteiger partial charge on any atom is 0.326 e. The van der Waals surface area contributed by atoms with Crippen LogP contribution in [0.5, 0.6) is 0 Å². The minimum absolute atomic E-state index is 0.0119. The van der Waals surface area contributed by atoms with Crippen molar-refractivity contribution >= 4 is 17.8 Å². The second kappa shape index (κ2) is 10.3. The summed E-state index contributed by atoms with van der Waals surface area (Å²) < 4.78 is 0. The van der Waals surface area contributed by atoms with Crippen molar-refractivity contribution in [3.63, 3.8) is 0 Å². The molecule has 1 aromatic rings. The van der Waals surface area contributed by atoms with Crippen LogP contribution < -0.4 is 10.6 Å². The molecule has 136 valence electrons. The predicted molar refractivity (Wildman–Crippen MR) is 95.8 cm³/mol. The van der Waals surface area contributed by atoms with Crippen LogP contribution in [0.15, 0.2) is 42.0 Å². The lowest BCUT2D eigenvalue weighted by Crippen LogP contribution is -2.40. The summed E-state index contributed by atoms with van der Waals surface area (Å²) in [6.07, 6.45) is 1.94. The number of amides is 2. The van der Waals surface area contributed by atoms with Gasteiger partial charge in [0.05, 0.1) is 6.04 Å². The van der Waals surface area contributed by atoms with Crippen molar-refractivity contribution in [2.45, 2.75) is 52.1 Å². The molecule has 0 bridgehead atoms. The van der Waals surface area contributed by atoms with Crippen LogP contribution in [0.1, 0.15) is 51.6 Å². The van der Waals surface area contributed by atoms with E-state index in [2.05, 4.69) is 10.6 Å². The fourth-order valence-corrected chi connectivity index (χ4v) is 2.21. The Kier molecular flexibility index (Phi) is 8.39. The molecule has 0 heterocycles. The molecule has 0 unspecified atom stereocenters. The summed E-state index contributed by atoms with van der Waals surface area (Å²) >= 11 is 0. The number of carboxylic acid groups (broad SMARTS) is 1. The van der Waals surface area contributed by atoms with Gasteiger partial charge in [-0.1, -0.05) is 42.0 Å². The highest BCUT2D eigenvalue weighted by atomic mass is 16.4. The summed E-state index contributed by atoms with van der Waals surface area (Å²) in [5.41, 5.74) is 1.96. The SMILES string of the molecule is CC(C)=CC[C@H](NC(=O)CCC(=O)N[C@H](C)c1ccccc1)C(=O)O. The second-order valence-electron chi connectivity index (χ2n) is 6.18. The Morgan fingerprint density at radius 1 is 1.04 bits per heavy atom. The summed E-state index contributed by atoms with van der Waals surface area (Å²) in [4.78, 5) is 35.0. The van der Waals surface area contributed by atoms with Crippen molar-refractivity contribution in [2.24, 2.45) is 0 Å². The third-order valence-electron chi connectivity index (χ3n) is 3.65. The smallest absolute Gasteiger partial charge is 0.326 e. The van der Waals surface area contributed by atoms with Gasteiger partial charge in [-0.25, -0.2) is 4.79 Å². The molecule has 2 amide bonds. The Morgan fingerprint density at radius 2 is 1.60 bits per heavy atom. The quantitative estimate of drug-likeness (QED) is 0.599. The fraction of sp³-hybridized carbons (Fsp3) is 0.421. The summed E-state index contributed by atoms with van der Waals surface area (Å²) in [7, 11) is 0. The van der Waals surface area contributed by atoms with E-state index in [4.69, 9.17) is 5.11 Å². The van der Waals surface area contributed by atoms with Crippen molar-refractivity contribution in [3.8, 4) is 0 Å². The maximum absolute atomic E-state index is 11.9. The molecule has 6 heteroatoms. The zero-order valence-electron chi connectivity index (χ0n) is 14.9. The average molecular weight is 346 g/mol. The molecule has 0 saturated carbocycles.